The van der Waals surface area contributed by atoms with Gasteiger partial charge in [-0.15, -0.1) is 11.3 Å². The number of nitrogens with one attached hydrogen (secondary N) is 1. The predicted molar refractivity (Wildman–Crippen MR) is 108 cm³/mol. The number of benzene rings is 2. The van der Waals surface area contributed by atoms with E-state index in [9.17, 15) is 18.0 Å². The van der Waals surface area contributed by atoms with Gasteiger partial charge in [0.15, 0.2) is 10.8 Å². The first-order chi connectivity index (χ1) is 14.4. The Balaban J connectivity index is 1.40. The van der Waals surface area contributed by atoms with Crippen molar-refractivity contribution in [2.45, 2.75) is 12.6 Å². The predicted octanol–water partition coefficient (Wildman–Crippen LogP) is 5.19. The molecule has 1 N–H and O–H groups in total. The second-order valence-corrected chi connectivity index (χ2v) is 7.55. The van der Waals surface area contributed by atoms with E-state index in [0.29, 0.717) is 11.6 Å². The molecule has 152 valence electrons. The molecule has 5 nitrogen and oxygen atoms in total. The van der Waals surface area contributed by atoms with Crippen molar-refractivity contribution in [1.82, 2.24) is 14.8 Å². The van der Waals surface area contributed by atoms with Gasteiger partial charge in [0, 0.05) is 23.7 Å². The molecule has 0 bridgehead atoms. The molecule has 0 aliphatic heterocycles. The van der Waals surface area contributed by atoms with Gasteiger partial charge in [-0.1, -0.05) is 30.3 Å². The zero-order valence-corrected chi connectivity index (χ0v) is 16.2. The lowest BCUT2D eigenvalue weighted by Gasteiger charge is -2.06. The molecule has 0 saturated heterocycles. The fourth-order valence-electron chi connectivity index (χ4n) is 2.79. The quantitative estimate of drug-likeness (QED) is 0.476. The van der Waals surface area contributed by atoms with Crippen LogP contribution in [0.4, 0.5) is 18.3 Å². The monoisotopic (exact) mass is 428 g/mol. The van der Waals surface area contributed by atoms with Crippen LogP contribution in [0.5, 0.6) is 0 Å². The molecule has 0 fully saturated rings. The van der Waals surface area contributed by atoms with Gasteiger partial charge in [0.2, 0.25) is 0 Å². The number of carbonyl (C=O) groups excluding carboxylic acids is 1. The van der Waals surface area contributed by atoms with E-state index in [4.69, 9.17) is 0 Å². The van der Waals surface area contributed by atoms with Crippen LogP contribution in [0.2, 0.25) is 0 Å². The number of halogens is 3. The Morgan fingerprint density at radius 1 is 1.03 bits per heavy atom. The van der Waals surface area contributed by atoms with Crippen LogP contribution in [0.3, 0.4) is 0 Å². The number of nitrogens with zero attached hydrogens (tertiary/aromatic N) is 3. The Bertz CT molecular complexity index is 1150. The molecular weight excluding hydrogens is 413 g/mol. The van der Waals surface area contributed by atoms with E-state index in [0.717, 1.165) is 28.3 Å². The first kappa shape index (κ1) is 19.8. The van der Waals surface area contributed by atoms with Gasteiger partial charge in [-0.2, -0.15) is 18.3 Å². The molecule has 4 rings (SSSR count). The van der Waals surface area contributed by atoms with Crippen molar-refractivity contribution in [1.29, 1.82) is 0 Å². The summed E-state index contributed by atoms with van der Waals surface area (Å²) in [6.07, 6.45) is -0.634. The largest absolute Gasteiger partial charge is 0.416 e. The highest BCUT2D eigenvalue weighted by Crippen LogP contribution is 2.30. The fourth-order valence-corrected chi connectivity index (χ4v) is 3.63. The molecule has 2 aromatic heterocycles. The normalized spacial score (nSPS) is 11.4. The van der Waals surface area contributed by atoms with Gasteiger partial charge >= 0.3 is 6.18 Å². The average Bonchev–Trinajstić information content (AvgIpc) is 3.38. The van der Waals surface area contributed by atoms with E-state index < -0.39 is 11.7 Å². The van der Waals surface area contributed by atoms with Gasteiger partial charge in [-0.05, 0) is 35.9 Å². The van der Waals surface area contributed by atoms with Crippen LogP contribution in [-0.4, -0.2) is 20.7 Å². The van der Waals surface area contributed by atoms with E-state index in [1.807, 2.05) is 30.3 Å². The van der Waals surface area contributed by atoms with Crippen molar-refractivity contribution in [3.8, 4) is 5.69 Å². The summed E-state index contributed by atoms with van der Waals surface area (Å²) >= 11 is 1.26. The number of rotatable bonds is 5. The van der Waals surface area contributed by atoms with Crippen molar-refractivity contribution in [3.63, 3.8) is 0 Å². The molecule has 0 spiro atoms. The topological polar surface area (TPSA) is 59.8 Å². The minimum absolute atomic E-state index is 0.248. The number of thiazole rings is 1. The molecule has 9 heteroatoms. The van der Waals surface area contributed by atoms with Crippen LogP contribution in [0.25, 0.3) is 5.69 Å². The number of carbonyl (C=O) groups is 1. The highest BCUT2D eigenvalue weighted by molar-refractivity contribution is 7.15. The number of alkyl halides is 3. The van der Waals surface area contributed by atoms with Crippen molar-refractivity contribution < 1.29 is 18.0 Å². The zero-order valence-electron chi connectivity index (χ0n) is 15.4. The molecule has 2 aromatic carbocycles. The first-order valence-electron chi connectivity index (χ1n) is 8.92. The second-order valence-electron chi connectivity index (χ2n) is 6.44. The maximum atomic E-state index is 12.7. The highest BCUT2D eigenvalue weighted by Gasteiger charge is 2.29. The molecule has 0 aliphatic rings. The average molecular weight is 428 g/mol. The van der Waals surface area contributed by atoms with Gasteiger partial charge in [0.05, 0.1) is 11.3 Å². The summed E-state index contributed by atoms with van der Waals surface area (Å²) in [4.78, 5) is 17.4. The number of hydrogen-bond acceptors (Lipinski definition) is 4. The number of aromatic nitrogens is 3. The third-order valence-corrected chi connectivity index (χ3v) is 5.19. The Morgan fingerprint density at radius 3 is 2.47 bits per heavy atom. The minimum atomic E-state index is -4.35. The molecule has 30 heavy (non-hydrogen) atoms. The van der Waals surface area contributed by atoms with Crippen molar-refractivity contribution in [3.05, 3.63) is 94.8 Å². The lowest BCUT2D eigenvalue weighted by atomic mass is 10.1. The van der Waals surface area contributed by atoms with E-state index in [1.54, 1.807) is 23.1 Å². The van der Waals surface area contributed by atoms with Crippen LogP contribution in [0, 0.1) is 0 Å². The van der Waals surface area contributed by atoms with Crippen molar-refractivity contribution in [2.24, 2.45) is 0 Å². The van der Waals surface area contributed by atoms with E-state index in [2.05, 4.69) is 15.4 Å². The van der Waals surface area contributed by atoms with Crippen LogP contribution in [0.1, 0.15) is 26.5 Å². The Hall–Kier alpha value is -3.46. The number of amides is 1. The van der Waals surface area contributed by atoms with E-state index in [-0.39, 0.29) is 11.6 Å². The Morgan fingerprint density at radius 2 is 1.77 bits per heavy atom. The summed E-state index contributed by atoms with van der Waals surface area (Å²) in [5, 5.41) is 7.37. The number of anilines is 1. The molecule has 0 saturated carbocycles. The smallest absolute Gasteiger partial charge is 0.296 e. The maximum absolute atomic E-state index is 12.7. The van der Waals surface area contributed by atoms with Crippen LogP contribution >= 0.6 is 11.3 Å². The molecule has 0 atom stereocenters. The van der Waals surface area contributed by atoms with E-state index in [1.165, 1.54) is 23.5 Å². The fraction of sp³-hybridized carbons (Fsp3) is 0.0952. The Kier molecular flexibility index (Phi) is 5.37. The molecule has 1 amide bonds. The van der Waals surface area contributed by atoms with Gasteiger partial charge in [0.1, 0.15) is 0 Å². The molecule has 0 radical (unpaired) electrons. The maximum Gasteiger partial charge on any atom is 0.416 e. The molecular formula is C21H15F3N4OS. The van der Waals surface area contributed by atoms with Gasteiger partial charge in [0.25, 0.3) is 5.91 Å². The Labute approximate surface area is 173 Å². The summed E-state index contributed by atoms with van der Waals surface area (Å²) in [6.45, 7) is 0. The number of para-hydroxylation sites is 1. The van der Waals surface area contributed by atoms with E-state index >= 15 is 0 Å². The van der Waals surface area contributed by atoms with Gasteiger partial charge in [-0.25, -0.2) is 9.67 Å². The molecule has 4 aromatic rings. The zero-order chi connectivity index (χ0) is 21.1. The molecule has 2 heterocycles. The van der Waals surface area contributed by atoms with Crippen LogP contribution < -0.4 is 5.32 Å². The second kappa shape index (κ2) is 8.11. The first-order valence-corrected chi connectivity index (χ1v) is 9.73. The summed E-state index contributed by atoms with van der Waals surface area (Å²) in [7, 11) is 0. The number of hydrogen-bond donors (Lipinski definition) is 1. The SMILES string of the molecule is O=C(Nc1ncc(Cc2ccc(C(F)(F)F)cc2)s1)c1ccn(-c2ccccc2)n1. The van der Waals surface area contributed by atoms with Crippen LogP contribution in [0.15, 0.2) is 73.1 Å². The van der Waals surface area contributed by atoms with Gasteiger partial charge in [-0.3, -0.25) is 10.1 Å². The van der Waals surface area contributed by atoms with Crippen molar-refractivity contribution >= 4 is 22.4 Å². The van der Waals surface area contributed by atoms with Crippen LogP contribution in [-0.2, 0) is 12.6 Å². The highest BCUT2D eigenvalue weighted by atomic mass is 32.1. The summed E-state index contributed by atoms with van der Waals surface area (Å²) in [5.74, 6) is -0.389. The minimum Gasteiger partial charge on any atom is -0.296 e. The standard InChI is InChI=1S/C21H15F3N4OS/c22-21(23,24)15-8-6-14(7-9-15)12-17-13-25-20(30-17)26-19(29)18-10-11-28(27-18)16-4-2-1-3-5-16/h1-11,13H,12H2,(H,25,26,29). The third-order valence-electron chi connectivity index (χ3n) is 4.28. The lowest BCUT2D eigenvalue weighted by Crippen LogP contribution is -2.12. The van der Waals surface area contributed by atoms with Crippen molar-refractivity contribution in [2.75, 3.05) is 5.32 Å². The molecule has 0 aliphatic carbocycles. The summed E-state index contributed by atoms with van der Waals surface area (Å²) in [5.41, 5.74) is 1.13. The van der Waals surface area contributed by atoms with Gasteiger partial charge < -0.3 is 0 Å². The summed E-state index contributed by atoms with van der Waals surface area (Å²) < 4.78 is 39.6. The molecule has 0 unspecified atom stereocenters. The summed E-state index contributed by atoms with van der Waals surface area (Å²) in [6, 6.07) is 16.0. The lowest BCUT2D eigenvalue weighted by molar-refractivity contribution is -0.137. The third kappa shape index (κ3) is 4.57.